The van der Waals surface area contributed by atoms with Gasteiger partial charge in [-0.15, -0.1) is 0 Å². The molecule has 0 saturated carbocycles. The molecule has 0 bridgehead atoms. The fourth-order valence-corrected chi connectivity index (χ4v) is 12.0. The van der Waals surface area contributed by atoms with Gasteiger partial charge >= 0.3 is 0 Å². The molecule has 0 atom stereocenters. The maximum atomic E-state index is 6.56. The predicted molar refractivity (Wildman–Crippen MR) is 415 cm³/mol. The molecule has 0 amide bonds. The Bertz CT molecular complexity index is 3550. The van der Waals surface area contributed by atoms with Crippen molar-refractivity contribution < 1.29 is 66.3 Å². The van der Waals surface area contributed by atoms with Gasteiger partial charge in [0.1, 0.15) is 60.9 Å². The molecule has 8 aromatic carbocycles. The first-order valence-corrected chi connectivity index (χ1v) is 35.9. The number of rotatable bonds is 50. The Balaban J connectivity index is 1.11. The zero-order valence-electron chi connectivity index (χ0n) is 60.5. The van der Waals surface area contributed by atoms with Gasteiger partial charge in [0, 0.05) is 46.0 Å². The van der Waals surface area contributed by atoms with Crippen molar-refractivity contribution in [2.45, 2.75) is 43.9 Å². The summed E-state index contributed by atoms with van der Waals surface area (Å²) in [5.74, 6) is 4.34. The summed E-state index contributed by atoms with van der Waals surface area (Å²) in [5.41, 5.74) is 25.8. The van der Waals surface area contributed by atoms with E-state index in [0.717, 1.165) is 104 Å². The lowest BCUT2D eigenvalue weighted by atomic mass is 9.69. The number of methoxy groups -OCH3 is 4. The van der Waals surface area contributed by atoms with E-state index in [9.17, 15) is 0 Å². The molecule has 0 spiro atoms. The quantitative estimate of drug-likeness (QED) is 0.0271. The van der Waals surface area contributed by atoms with Crippen molar-refractivity contribution in [2.75, 3.05) is 160 Å². The first-order chi connectivity index (χ1) is 50.8. The Labute approximate surface area is 610 Å². The summed E-state index contributed by atoms with van der Waals surface area (Å²) >= 11 is 0. The molecule has 0 heterocycles. The smallest absolute Gasteiger partial charge is 0.123 e. The van der Waals surface area contributed by atoms with Crippen LogP contribution >= 0.6 is 0 Å². The van der Waals surface area contributed by atoms with E-state index in [1.54, 1.807) is 28.4 Å². The lowest BCUT2D eigenvalue weighted by Gasteiger charge is -2.34. The summed E-state index contributed by atoms with van der Waals surface area (Å²) < 4.78 is 82.6. The number of benzene rings is 8. The molecule has 16 nitrogen and oxygen atoms in total. The minimum Gasteiger partial charge on any atom is -0.494 e. The third-order valence-corrected chi connectivity index (χ3v) is 17.3. The van der Waals surface area contributed by atoms with E-state index >= 15 is 0 Å². The Hall–Kier alpha value is -8.88. The summed E-state index contributed by atoms with van der Waals surface area (Å²) in [6, 6.07) is 59.8. The van der Waals surface area contributed by atoms with Crippen LogP contribution < -0.4 is 39.9 Å². The lowest BCUT2D eigenvalue weighted by Crippen LogP contribution is -2.31. The van der Waals surface area contributed by atoms with E-state index in [4.69, 9.17) is 77.8 Å². The van der Waals surface area contributed by atoms with E-state index in [2.05, 4.69) is 182 Å². The van der Waals surface area contributed by atoms with Gasteiger partial charge in [0.2, 0.25) is 0 Å². The van der Waals surface area contributed by atoms with E-state index in [1.807, 2.05) is 36.4 Å². The normalized spacial score (nSPS) is 12.4. The van der Waals surface area contributed by atoms with Crippen molar-refractivity contribution in [3.05, 3.63) is 237 Å². The topological polar surface area (TPSA) is 181 Å². The predicted octanol–water partition coefficient (Wildman–Crippen LogP) is 15.5. The van der Waals surface area contributed by atoms with Crippen LogP contribution in [0.1, 0.15) is 92.4 Å². The Kier molecular flexibility index (Phi) is 33.9. The highest BCUT2D eigenvalue weighted by molar-refractivity contribution is 5.86. The molecule has 1 aliphatic carbocycles. The summed E-state index contributed by atoms with van der Waals surface area (Å²) in [6.07, 6.45) is 22.1. The highest BCUT2D eigenvalue weighted by atomic mass is 16.6. The summed E-state index contributed by atoms with van der Waals surface area (Å²) in [5, 5.41) is 0. The molecule has 1 aliphatic rings. The van der Waals surface area contributed by atoms with E-state index in [-0.39, 0.29) is 0 Å². The molecule has 4 N–H and O–H groups in total. The first kappa shape index (κ1) is 78.3. The molecule has 8 aromatic rings. The SMILES string of the molecule is COCCOCCOc1cc(CC2(Cc3cc(OCCOCCOC)cc(OCCOCCOC)c3)c3cc(/C=C/c4ccc(/C=C/c5ccc(OCCCCN)cc5)cc4)ccc3-c3ccc(/C=C/c4ccc(/C=C/c5ccc(OCCCCN)cc5)cc4)cc32)cc(OCCOCCOC)c1. The number of ether oxygens (including phenoxy) is 14. The molecule has 9 rings (SSSR count). The maximum absolute atomic E-state index is 6.56. The van der Waals surface area contributed by atoms with Crippen molar-refractivity contribution in [3.63, 3.8) is 0 Å². The number of hydrogen-bond donors (Lipinski definition) is 2. The molecule has 0 aliphatic heterocycles. The minimum absolute atomic E-state index is 0.320. The zero-order valence-corrected chi connectivity index (χ0v) is 60.5. The first-order valence-electron chi connectivity index (χ1n) is 35.9. The number of nitrogens with two attached hydrogens (primary N) is 2. The van der Waals surface area contributed by atoms with Crippen LogP contribution in [0, 0.1) is 0 Å². The van der Waals surface area contributed by atoms with Crippen LogP contribution in [0.2, 0.25) is 0 Å². The fraction of sp³-hybridized carbons (Fsp3) is 0.356. The van der Waals surface area contributed by atoms with Gasteiger partial charge in [-0.05, 0) is 178 Å². The minimum atomic E-state index is -0.735. The van der Waals surface area contributed by atoms with E-state index in [1.165, 1.54) is 11.1 Å². The van der Waals surface area contributed by atoms with Gasteiger partial charge in [-0.25, -0.2) is 0 Å². The highest BCUT2D eigenvalue weighted by Crippen LogP contribution is 2.54. The molecule has 0 radical (unpaired) electrons. The van der Waals surface area contributed by atoms with Crippen molar-refractivity contribution in [2.24, 2.45) is 11.5 Å². The fourth-order valence-electron chi connectivity index (χ4n) is 12.0. The Morgan fingerprint density at radius 2 is 0.505 bits per heavy atom. The standard InChI is InChI=1S/C87H104N2O14/c1-90-41-45-94-49-53-100-79-57-75(58-80(63-79)101-54-50-95-46-42-91-2)65-87(66-76-59-81(102-55-51-96-47-43-92-3)64-82(60-76)103-56-52-97-48-44-93-4)85-61-73(23-21-69-13-9-67(10-14-69)17-19-71-25-31-77(32-26-71)98-39-7-5-37-88)29-35-83(85)84-36-30-74(62-86(84)87)24-22-70-15-11-68(12-16-70)18-20-72-27-33-78(34-28-72)99-40-8-6-38-89/h9-36,57-64H,5-8,37-56,65-66,88-89H2,1-4H3/b19-17+,20-18+,23-21+,24-22+. The molecule has 546 valence electrons. The van der Waals surface area contributed by atoms with Gasteiger partial charge < -0.3 is 77.8 Å². The van der Waals surface area contributed by atoms with Crippen LogP contribution in [0.4, 0.5) is 0 Å². The third-order valence-electron chi connectivity index (χ3n) is 17.3. The number of fused-ring (bicyclic) bond motifs is 3. The molecule has 16 heteroatoms. The molecule has 0 aromatic heterocycles. The van der Waals surface area contributed by atoms with Gasteiger partial charge in [-0.1, -0.05) is 158 Å². The van der Waals surface area contributed by atoms with E-state index in [0.29, 0.717) is 168 Å². The van der Waals surface area contributed by atoms with Crippen LogP contribution in [-0.2, 0) is 56.2 Å². The van der Waals surface area contributed by atoms with Gasteiger partial charge in [-0.2, -0.15) is 0 Å². The average Bonchev–Trinajstić information content (AvgIpc) is 1.56. The monoisotopic (exact) mass is 1400 g/mol. The summed E-state index contributed by atoms with van der Waals surface area (Å²) in [7, 11) is 6.65. The van der Waals surface area contributed by atoms with Gasteiger partial charge in [0.25, 0.3) is 0 Å². The van der Waals surface area contributed by atoms with Crippen molar-refractivity contribution >= 4 is 48.6 Å². The summed E-state index contributed by atoms with van der Waals surface area (Å²) in [6.45, 7) is 9.22. The lowest BCUT2D eigenvalue weighted by molar-refractivity contribution is 0.0532. The van der Waals surface area contributed by atoms with Crippen LogP contribution in [0.15, 0.2) is 170 Å². The largest absolute Gasteiger partial charge is 0.494 e. The molecule has 103 heavy (non-hydrogen) atoms. The maximum Gasteiger partial charge on any atom is 0.123 e. The molecular formula is C87H104N2O14. The second-order valence-corrected chi connectivity index (χ2v) is 25.0. The van der Waals surface area contributed by atoms with Crippen molar-refractivity contribution in [3.8, 4) is 45.6 Å². The molecule has 0 saturated heterocycles. The number of unbranched alkanes of at least 4 members (excludes halogenated alkanes) is 2. The third kappa shape index (κ3) is 26.4. The molecule has 0 fully saturated rings. The van der Waals surface area contributed by atoms with Crippen LogP contribution in [0.5, 0.6) is 34.5 Å². The van der Waals surface area contributed by atoms with E-state index < -0.39 is 5.41 Å². The second-order valence-electron chi connectivity index (χ2n) is 25.0. The number of hydrogen-bond acceptors (Lipinski definition) is 16. The Morgan fingerprint density at radius 1 is 0.252 bits per heavy atom. The van der Waals surface area contributed by atoms with Gasteiger partial charge in [-0.3, -0.25) is 0 Å². The van der Waals surface area contributed by atoms with Gasteiger partial charge in [0.15, 0.2) is 0 Å². The van der Waals surface area contributed by atoms with Crippen molar-refractivity contribution in [1.82, 2.24) is 0 Å². The Morgan fingerprint density at radius 3 is 0.786 bits per heavy atom. The van der Waals surface area contributed by atoms with Crippen molar-refractivity contribution in [1.29, 1.82) is 0 Å². The second kappa shape index (κ2) is 44.6. The zero-order chi connectivity index (χ0) is 71.8. The molecule has 0 unspecified atom stereocenters. The van der Waals surface area contributed by atoms with Crippen LogP contribution in [0.3, 0.4) is 0 Å². The highest BCUT2D eigenvalue weighted by Gasteiger charge is 2.44. The average molecular weight is 1400 g/mol. The van der Waals surface area contributed by atoms with Crippen LogP contribution in [-0.4, -0.2) is 160 Å². The van der Waals surface area contributed by atoms with Gasteiger partial charge in [0.05, 0.1) is 92.5 Å². The van der Waals surface area contributed by atoms with Crippen LogP contribution in [0.25, 0.3) is 59.7 Å². The summed E-state index contributed by atoms with van der Waals surface area (Å²) in [4.78, 5) is 0. The molecular weight excluding hydrogens is 1300 g/mol.